The molecule has 0 aliphatic carbocycles. The summed E-state index contributed by atoms with van der Waals surface area (Å²) in [5, 5.41) is 7.22. The molecule has 0 atom stereocenters. The van der Waals surface area contributed by atoms with Crippen LogP contribution >= 0.6 is 0 Å². The minimum atomic E-state index is -0.450. The molecule has 1 aliphatic rings. The van der Waals surface area contributed by atoms with Gasteiger partial charge in [0.1, 0.15) is 18.5 Å². The predicted octanol–water partition coefficient (Wildman–Crippen LogP) is 7.60. The first-order valence-electron chi connectivity index (χ1n) is 11.8. The standard InChI is InChI=1S/C31H27N2O/c1-18-22-12-7-8-13-23(22)19(2)30-26(18)29-28-24(14-15-33(29)6)27-20(16-25(28)34-30)10-9-11-21(27)17-31(3,4)32-5/h7-16H,17H2,1-4,6H3/q+1. The SMILES string of the molecule is [C-]#[N+]C(C)(C)Cc1cccc2cc3c4c([n+](C)ccc4c12)-c1c(c(C)c2ccccc2c1C)O3. The molecule has 34 heavy (non-hydrogen) atoms. The van der Waals surface area contributed by atoms with Gasteiger partial charge in [-0.3, -0.25) is 0 Å². The Bertz CT molecular complexity index is 1720. The number of ether oxygens (including phenoxy) is 1. The Labute approximate surface area is 200 Å². The summed E-state index contributed by atoms with van der Waals surface area (Å²) in [6.07, 6.45) is 2.87. The average Bonchev–Trinajstić information content (AvgIpc) is 2.83. The summed E-state index contributed by atoms with van der Waals surface area (Å²) in [6.45, 7) is 16.1. The van der Waals surface area contributed by atoms with Gasteiger partial charge in [0.15, 0.2) is 6.20 Å². The van der Waals surface area contributed by atoms with Crippen LogP contribution in [0.5, 0.6) is 11.5 Å². The van der Waals surface area contributed by atoms with Crippen molar-refractivity contribution in [3.8, 4) is 22.8 Å². The van der Waals surface area contributed by atoms with Crippen LogP contribution in [0.25, 0.3) is 48.4 Å². The van der Waals surface area contributed by atoms with Crippen LogP contribution in [0.1, 0.15) is 30.5 Å². The molecular formula is C31H27N2O+. The van der Waals surface area contributed by atoms with Gasteiger partial charge in [0.05, 0.1) is 17.4 Å². The van der Waals surface area contributed by atoms with Gasteiger partial charge in [0.2, 0.25) is 11.2 Å². The highest BCUT2D eigenvalue weighted by atomic mass is 16.5. The van der Waals surface area contributed by atoms with Gasteiger partial charge < -0.3 is 9.58 Å². The Hall–Kier alpha value is -3.90. The van der Waals surface area contributed by atoms with Crippen molar-refractivity contribution in [2.24, 2.45) is 7.05 Å². The van der Waals surface area contributed by atoms with Crippen molar-refractivity contribution < 1.29 is 9.30 Å². The van der Waals surface area contributed by atoms with Crippen molar-refractivity contribution in [3.63, 3.8) is 0 Å². The van der Waals surface area contributed by atoms with Crippen LogP contribution in [-0.4, -0.2) is 5.54 Å². The van der Waals surface area contributed by atoms with E-state index in [0.717, 1.165) is 22.3 Å². The molecule has 166 valence electrons. The van der Waals surface area contributed by atoms with Crippen molar-refractivity contribution in [1.29, 1.82) is 0 Å². The second-order valence-corrected chi connectivity index (χ2v) is 10.2. The maximum Gasteiger partial charge on any atom is 0.231 e. The molecule has 0 saturated heterocycles. The Morgan fingerprint density at radius 1 is 0.912 bits per heavy atom. The second-order valence-electron chi connectivity index (χ2n) is 10.2. The molecule has 6 rings (SSSR count). The minimum Gasteiger partial charge on any atom is -0.455 e. The molecule has 3 heteroatoms. The van der Waals surface area contributed by atoms with Crippen LogP contribution in [0.15, 0.2) is 60.8 Å². The van der Waals surface area contributed by atoms with Crippen molar-refractivity contribution in [2.45, 2.75) is 39.7 Å². The number of hydrogen-bond donors (Lipinski definition) is 0. The van der Waals surface area contributed by atoms with E-state index in [1.165, 1.54) is 49.5 Å². The number of fused-ring (bicyclic) bond motifs is 5. The molecule has 3 nitrogen and oxygen atoms in total. The molecule has 2 heterocycles. The molecule has 4 aromatic carbocycles. The van der Waals surface area contributed by atoms with Gasteiger partial charge in [0, 0.05) is 30.9 Å². The van der Waals surface area contributed by atoms with E-state index in [-0.39, 0.29) is 0 Å². The molecule has 0 amide bonds. The van der Waals surface area contributed by atoms with Crippen LogP contribution in [0.2, 0.25) is 0 Å². The molecule has 0 bridgehead atoms. The topological polar surface area (TPSA) is 17.5 Å². The molecule has 1 aromatic heterocycles. The maximum atomic E-state index is 7.65. The van der Waals surface area contributed by atoms with Gasteiger partial charge in [-0.05, 0) is 52.6 Å². The Kier molecular flexibility index (Phi) is 4.29. The number of aryl methyl sites for hydroxylation is 3. The molecule has 5 aromatic rings. The van der Waals surface area contributed by atoms with Gasteiger partial charge in [-0.15, -0.1) is 0 Å². The lowest BCUT2D eigenvalue weighted by atomic mass is 9.86. The van der Waals surface area contributed by atoms with Crippen molar-refractivity contribution >= 4 is 32.3 Å². The van der Waals surface area contributed by atoms with Gasteiger partial charge in [-0.2, -0.15) is 0 Å². The number of aromatic nitrogens is 1. The third-order valence-corrected chi connectivity index (χ3v) is 7.36. The van der Waals surface area contributed by atoms with Crippen LogP contribution in [0.4, 0.5) is 0 Å². The number of benzene rings is 4. The fourth-order valence-electron chi connectivity index (χ4n) is 5.70. The first kappa shape index (κ1) is 20.7. The summed E-state index contributed by atoms with van der Waals surface area (Å²) in [6, 6.07) is 19.4. The molecule has 0 N–H and O–H groups in total. The zero-order valence-electron chi connectivity index (χ0n) is 20.3. The first-order valence-corrected chi connectivity index (χ1v) is 11.8. The zero-order chi connectivity index (χ0) is 23.8. The molecule has 0 spiro atoms. The highest BCUT2D eigenvalue weighted by molar-refractivity contribution is 6.17. The van der Waals surface area contributed by atoms with Crippen LogP contribution in [-0.2, 0) is 13.5 Å². The first-order chi connectivity index (χ1) is 16.3. The fourth-order valence-corrected chi connectivity index (χ4v) is 5.70. The number of hydrogen-bond acceptors (Lipinski definition) is 1. The summed E-state index contributed by atoms with van der Waals surface area (Å²) in [5.41, 5.74) is 5.55. The predicted molar refractivity (Wildman–Crippen MR) is 140 cm³/mol. The van der Waals surface area contributed by atoms with E-state index in [0.29, 0.717) is 6.42 Å². The summed E-state index contributed by atoms with van der Waals surface area (Å²) < 4.78 is 8.96. The lowest BCUT2D eigenvalue weighted by Crippen LogP contribution is -2.32. The Morgan fingerprint density at radius 2 is 1.65 bits per heavy atom. The van der Waals surface area contributed by atoms with E-state index in [9.17, 15) is 0 Å². The van der Waals surface area contributed by atoms with E-state index in [4.69, 9.17) is 11.3 Å². The maximum absolute atomic E-state index is 7.65. The zero-order valence-corrected chi connectivity index (χ0v) is 20.3. The average molecular weight is 444 g/mol. The summed E-state index contributed by atoms with van der Waals surface area (Å²) >= 11 is 0. The minimum absolute atomic E-state index is 0.450. The summed E-state index contributed by atoms with van der Waals surface area (Å²) in [7, 11) is 2.12. The largest absolute Gasteiger partial charge is 0.455 e. The number of nitrogens with zero attached hydrogens (tertiary/aromatic N) is 2. The van der Waals surface area contributed by atoms with Gasteiger partial charge >= 0.3 is 0 Å². The number of pyridine rings is 1. The Balaban J connectivity index is 1.77. The van der Waals surface area contributed by atoms with E-state index in [1.807, 2.05) is 13.8 Å². The number of rotatable bonds is 2. The highest BCUT2D eigenvalue weighted by Crippen LogP contribution is 2.51. The highest BCUT2D eigenvalue weighted by Gasteiger charge is 2.33. The molecular weight excluding hydrogens is 416 g/mol. The molecule has 0 saturated carbocycles. The third-order valence-electron chi connectivity index (χ3n) is 7.36. The van der Waals surface area contributed by atoms with Crippen LogP contribution in [0.3, 0.4) is 0 Å². The smallest absolute Gasteiger partial charge is 0.231 e. The molecule has 0 fully saturated rings. The molecule has 0 unspecified atom stereocenters. The van der Waals surface area contributed by atoms with E-state index >= 15 is 0 Å². The molecule has 0 radical (unpaired) electrons. The molecule has 1 aliphatic heterocycles. The van der Waals surface area contributed by atoms with Gasteiger partial charge in [0.25, 0.3) is 0 Å². The van der Waals surface area contributed by atoms with Crippen molar-refractivity contribution in [2.75, 3.05) is 0 Å². The quantitative estimate of drug-likeness (QED) is 0.153. The van der Waals surface area contributed by atoms with Gasteiger partial charge in [-0.25, -0.2) is 11.1 Å². The van der Waals surface area contributed by atoms with E-state index in [1.54, 1.807) is 0 Å². The Morgan fingerprint density at radius 3 is 2.38 bits per heavy atom. The summed E-state index contributed by atoms with van der Waals surface area (Å²) in [5.74, 6) is 1.86. The van der Waals surface area contributed by atoms with Crippen LogP contribution in [0, 0.1) is 20.4 Å². The van der Waals surface area contributed by atoms with Crippen molar-refractivity contribution in [3.05, 3.63) is 88.9 Å². The lowest BCUT2D eigenvalue weighted by molar-refractivity contribution is -0.659. The lowest BCUT2D eigenvalue weighted by Gasteiger charge is -2.25. The van der Waals surface area contributed by atoms with Crippen LogP contribution < -0.4 is 9.30 Å². The monoisotopic (exact) mass is 443 g/mol. The fraction of sp³-hybridized carbons (Fsp3) is 0.226. The van der Waals surface area contributed by atoms with E-state index < -0.39 is 5.54 Å². The van der Waals surface area contributed by atoms with Gasteiger partial charge in [-0.1, -0.05) is 42.5 Å². The van der Waals surface area contributed by atoms with E-state index in [2.05, 4.69) is 91.1 Å². The summed E-state index contributed by atoms with van der Waals surface area (Å²) in [4.78, 5) is 3.88. The second kappa shape index (κ2) is 7.05. The normalized spacial score (nSPS) is 12.6. The van der Waals surface area contributed by atoms with Crippen molar-refractivity contribution in [1.82, 2.24) is 0 Å². The third kappa shape index (κ3) is 2.78.